The fourth-order valence-corrected chi connectivity index (χ4v) is 5.49. The van der Waals surface area contributed by atoms with Crippen LogP contribution in [0.5, 0.6) is 0 Å². The molecule has 29 heavy (non-hydrogen) atoms. The maximum atomic E-state index is 12.8. The summed E-state index contributed by atoms with van der Waals surface area (Å²) in [5, 5.41) is 5.17. The van der Waals surface area contributed by atoms with E-state index in [1.807, 2.05) is 35.6 Å². The Kier molecular flexibility index (Phi) is 5.07. The van der Waals surface area contributed by atoms with Crippen molar-refractivity contribution in [3.05, 3.63) is 35.7 Å². The van der Waals surface area contributed by atoms with E-state index in [2.05, 4.69) is 15.0 Å². The Balaban J connectivity index is 1.50. The second kappa shape index (κ2) is 7.42. The molecule has 3 heterocycles. The van der Waals surface area contributed by atoms with Gasteiger partial charge in [0.1, 0.15) is 5.52 Å². The van der Waals surface area contributed by atoms with Crippen LogP contribution in [0.2, 0.25) is 0 Å². The smallest absolute Gasteiger partial charge is 0.274 e. The molecule has 1 aliphatic rings. The minimum Gasteiger partial charge on any atom is -0.345 e. The highest BCUT2D eigenvalue weighted by Gasteiger charge is 2.26. The largest absolute Gasteiger partial charge is 0.345 e. The number of sulfone groups is 1. The maximum absolute atomic E-state index is 12.8. The van der Waals surface area contributed by atoms with Gasteiger partial charge in [-0.25, -0.2) is 13.4 Å². The number of rotatable bonds is 4. The second-order valence-corrected chi connectivity index (χ2v) is 10.1. The first-order valence-electron chi connectivity index (χ1n) is 9.46. The average Bonchev–Trinajstić information content (AvgIpc) is 3.29. The van der Waals surface area contributed by atoms with Crippen molar-refractivity contribution in [2.45, 2.75) is 25.3 Å². The Morgan fingerprint density at radius 2 is 1.93 bits per heavy atom. The molecule has 1 saturated heterocycles. The van der Waals surface area contributed by atoms with Gasteiger partial charge in [0, 0.05) is 44.7 Å². The van der Waals surface area contributed by atoms with E-state index in [-0.39, 0.29) is 10.8 Å². The number of hydrogen-bond donors (Lipinski definition) is 0. The number of carbonyl (C=O) groups excluding carboxylic acids is 1. The average molecular weight is 434 g/mol. The zero-order valence-electron chi connectivity index (χ0n) is 16.6. The highest BCUT2D eigenvalue weighted by molar-refractivity contribution is 7.91. The fourth-order valence-electron chi connectivity index (χ4n) is 3.54. The molecule has 1 aromatic carbocycles. The zero-order chi connectivity index (χ0) is 20.8. The number of nitrogens with zero attached hydrogens (tertiary/aromatic N) is 5. The number of anilines is 1. The lowest BCUT2D eigenvalue weighted by molar-refractivity contribution is 0.0740. The molecule has 3 aromatic rings. The fraction of sp³-hybridized carbons (Fsp3) is 0.421. The zero-order valence-corrected chi connectivity index (χ0v) is 18.3. The number of carbonyl (C=O) groups is 1. The predicted octanol–water partition coefficient (Wildman–Crippen LogP) is 2.19. The van der Waals surface area contributed by atoms with Crippen LogP contribution in [0.3, 0.4) is 0 Å². The number of amides is 1. The molecule has 0 radical (unpaired) electrons. The monoisotopic (exact) mass is 433 g/mol. The van der Waals surface area contributed by atoms with Crippen LogP contribution in [-0.4, -0.2) is 66.4 Å². The van der Waals surface area contributed by atoms with E-state index in [4.69, 9.17) is 0 Å². The molecule has 10 heteroatoms. The Labute approximate surface area is 173 Å². The number of aromatic nitrogens is 3. The van der Waals surface area contributed by atoms with Crippen molar-refractivity contribution in [1.82, 2.24) is 19.7 Å². The molecule has 0 spiro atoms. The van der Waals surface area contributed by atoms with Gasteiger partial charge >= 0.3 is 0 Å². The summed E-state index contributed by atoms with van der Waals surface area (Å²) < 4.78 is 26.7. The maximum Gasteiger partial charge on any atom is 0.274 e. The molecule has 0 aliphatic carbocycles. The lowest BCUT2D eigenvalue weighted by Gasteiger charge is -2.34. The molecule has 0 atom stereocenters. The molecule has 1 fully saturated rings. The number of para-hydroxylation sites is 1. The number of aryl methyl sites for hydroxylation is 2. The van der Waals surface area contributed by atoms with Gasteiger partial charge in [0.2, 0.25) is 0 Å². The minimum absolute atomic E-state index is 0.0522. The summed E-state index contributed by atoms with van der Waals surface area (Å²) in [6.07, 6.45) is 1.20. The van der Waals surface area contributed by atoms with E-state index in [1.165, 1.54) is 17.6 Å². The van der Waals surface area contributed by atoms with E-state index in [1.54, 1.807) is 12.1 Å². The van der Waals surface area contributed by atoms with Crippen molar-refractivity contribution in [2.75, 3.05) is 37.3 Å². The Morgan fingerprint density at radius 1 is 1.21 bits per heavy atom. The van der Waals surface area contributed by atoms with Crippen LogP contribution in [0.15, 0.2) is 29.2 Å². The van der Waals surface area contributed by atoms with Crippen molar-refractivity contribution >= 4 is 42.4 Å². The summed E-state index contributed by atoms with van der Waals surface area (Å²) >= 11 is 1.48. The molecule has 154 valence electrons. The summed E-state index contributed by atoms with van der Waals surface area (Å²) in [6, 6.07) is 7.06. The van der Waals surface area contributed by atoms with Crippen molar-refractivity contribution in [2.24, 2.45) is 0 Å². The van der Waals surface area contributed by atoms with Gasteiger partial charge in [-0.15, -0.1) is 0 Å². The molecular weight excluding hydrogens is 410 g/mol. The standard InChI is InChI=1S/C19H23N5O3S2/c1-4-24-13(2)12-14(21-24)18(25)22-8-10-23(11-9-22)19-20-17-15(28-19)6-5-7-16(17)29(3,26)27/h5-7,12H,4,8-11H2,1-3H3. The third-order valence-electron chi connectivity index (χ3n) is 5.11. The molecule has 8 nitrogen and oxygen atoms in total. The molecule has 0 N–H and O–H groups in total. The number of thiazole rings is 1. The van der Waals surface area contributed by atoms with Gasteiger partial charge in [-0.3, -0.25) is 9.48 Å². The second-order valence-electron chi connectivity index (χ2n) is 7.14. The number of fused-ring (bicyclic) bond motifs is 1. The Morgan fingerprint density at radius 3 is 2.55 bits per heavy atom. The number of benzene rings is 1. The number of piperazine rings is 1. The summed E-state index contributed by atoms with van der Waals surface area (Å²) in [7, 11) is -3.34. The van der Waals surface area contributed by atoms with Crippen molar-refractivity contribution < 1.29 is 13.2 Å². The lowest BCUT2D eigenvalue weighted by atomic mass is 10.2. The normalized spacial score (nSPS) is 15.3. The lowest BCUT2D eigenvalue weighted by Crippen LogP contribution is -2.48. The van der Waals surface area contributed by atoms with Gasteiger partial charge in [-0.2, -0.15) is 5.10 Å². The van der Waals surface area contributed by atoms with E-state index >= 15 is 0 Å². The molecule has 0 unspecified atom stereocenters. The molecule has 1 amide bonds. The highest BCUT2D eigenvalue weighted by atomic mass is 32.2. The first kappa shape index (κ1) is 19.8. The van der Waals surface area contributed by atoms with Crippen LogP contribution in [-0.2, 0) is 16.4 Å². The highest BCUT2D eigenvalue weighted by Crippen LogP contribution is 2.33. The van der Waals surface area contributed by atoms with E-state index in [0.717, 1.165) is 22.1 Å². The van der Waals surface area contributed by atoms with E-state index < -0.39 is 9.84 Å². The topological polar surface area (TPSA) is 88.4 Å². The van der Waals surface area contributed by atoms with Crippen LogP contribution >= 0.6 is 11.3 Å². The van der Waals surface area contributed by atoms with Gasteiger partial charge in [0.25, 0.3) is 5.91 Å². The Bertz CT molecular complexity index is 1170. The van der Waals surface area contributed by atoms with E-state index in [0.29, 0.717) is 37.4 Å². The SMILES string of the molecule is CCn1nc(C(=O)N2CCN(c3nc4c(S(C)(=O)=O)cccc4s3)CC2)cc1C. The van der Waals surface area contributed by atoms with Gasteiger partial charge in [-0.05, 0) is 32.0 Å². The van der Waals surface area contributed by atoms with Crippen LogP contribution in [0, 0.1) is 6.92 Å². The summed E-state index contributed by atoms with van der Waals surface area (Å²) in [4.78, 5) is 21.6. The number of hydrogen-bond acceptors (Lipinski definition) is 7. The van der Waals surface area contributed by atoms with Crippen molar-refractivity contribution in [3.63, 3.8) is 0 Å². The molecule has 0 bridgehead atoms. The molecule has 2 aromatic heterocycles. The minimum atomic E-state index is -3.34. The van der Waals surface area contributed by atoms with E-state index in [9.17, 15) is 13.2 Å². The molecule has 0 saturated carbocycles. The first-order valence-corrected chi connectivity index (χ1v) is 12.2. The van der Waals surface area contributed by atoms with Crippen LogP contribution < -0.4 is 4.90 Å². The van der Waals surface area contributed by atoms with Crippen LogP contribution in [0.1, 0.15) is 23.1 Å². The summed E-state index contributed by atoms with van der Waals surface area (Å²) in [5.41, 5.74) is 1.98. The van der Waals surface area contributed by atoms with Crippen LogP contribution in [0.25, 0.3) is 10.2 Å². The van der Waals surface area contributed by atoms with Gasteiger partial charge in [0.05, 0.1) is 9.60 Å². The third kappa shape index (κ3) is 3.74. The van der Waals surface area contributed by atoms with Gasteiger partial charge in [0.15, 0.2) is 20.7 Å². The first-order chi connectivity index (χ1) is 13.8. The molecular formula is C19H23N5O3S2. The summed E-state index contributed by atoms with van der Waals surface area (Å²) in [6.45, 7) is 7.13. The van der Waals surface area contributed by atoms with Crippen molar-refractivity contribution in [3.8, 4) is 0 Å². The summed E-state index contributed by atoms with van der Waals surface area (Å²) in [5.74, 6) is -0.0522. The molecule has 4 rings (SSSR count). The third-order valence-corrected chi connectivity index (χ3v) is 7.32. The Hall–Kier alpha value is -2.46. The molecule has 1 aliphatic heterocycles. The van der Waals surface area contributed by atoms with Gasteiger partial charge in [-0.1, -0.05) is 17.4 Å². The van der Waals surface area contributed by atoms with Crippen molar-refractivity contribution in [1.29, 1.82) is 0 Å². The quantitative estimate of drug-likeness (QED) is 0.627. The van der Waals surface area contributed by atoms with Crippen LogP contribution in [0.4, 0.5) is 5.13 Å². The predicted molar refractivity (Wildman–Crippen MR) is 113 cm³/mol. The van der Waals surface area contributed by atoms with Gasteiger partial charge < -0.3 is 9.80 Å².